The fraction of sp³-hybridized carbons (Fsp3) is 0.562. The van der Waals surface area contributed by atoms with Crippen LogP contribution in [0.25, 0.3) is 0 Å². The van der Waals surface area contributed by atoms with Gasteiger partial charge in [-0.15, -0.1) is 0 Å². The van der Waals surface area contributed by atoms with Gasteiger partial charge in [0.2, 0.25) is 10.0 Å². The van der Waals surface area contributed by atoms with Gasteiger partial charge in [0.25, 0.3) is 5.91 Å². The molecule has 1 fully saturated rings. The first kappa shape index (κ1) is 17.7. The van der Waals surface area contributed by atoms with E-state index in [0.29, 0.717) is 30.1 Å². The minimum absolute atomic E-state index is 0.0519. The molecule has 1 aromatic rings. The van der Waals surface area contributed by atoms with Crippen molar-refractivity contribution in [3.63, 3.8) is 0 Å². The molecule has 0 spiro atoms. The van der Waals surface area contributed by atoms with Crippen LogP contribution in [0.3, 0.4) is 0 Å². The van der Waals surface area contributed by atoms with Crippen LogP contribution >= 0.6 is 0 Å². The maximum Gasteiger partial charge on any atom is 0.251 e. The Labute approximate surface area is 137 Å². The number of hydrogen-bond donors (Lipinski definition) is 3. The van der Waals surface area contributed by atoms with Gasteiger partial charge in [-0.2, -0.15) is 0 Å². The Morgan fingerprint density at radius 1 is 1.39 bits per heavy atom. The highest BCUT2D eigenvalue weighted by atomic mass is 32.2. The number of carbonyl (C=O) groups is 1. The molecule has 128 valence electrons. The fourth-order valence-electron chi connectivity index (χ4n) is 2.59. The van der Waals surface area contributed by atoms with Crippen LogP contribution in [0.5, 0.6) is 0 Å². The van der Waals surface area contributed by atoms with Crippen LogP contribution in [0, 0.1) is 5.92 Å². The fourth-order valence-corrected chi connectivity index (χ4v) is 3.72. The number of nitrogens with one attached hydrogen (secondary N) is 2. The smallest absolute Gasteiger partial charge is 0.251 e. The summed E-state index contributed by atoms with van der Waals surface area (Å²) in [7, 11) is -3.37. The molecule has 1 atom stereocenters. The highest BCUT2D eigenvalue weighted by molar-refractivity contribution is 7.92. The Morgan fingerprint density at radius 2 is 2.09 bits per heavy atom. The maximum atomic E-state index is 12.5. The summed E-state index contributed by atoms with van der Waals surface area (Å²) in [6, 6.07) is 6.51. The molecular weight excluding hydrogens is 314 g/mol. The summed E-state index contributed by atoms with van der Waals surface area (Å²) < 4.78 is 26.1. The van der Waals surface area contributed by atoms with E-state index in [1.54, 1.807) is 31.2 Å². The monoisotopic (exact) mass is 339 g/mol. The van der Waals surface area contributed by atoms with Gasteiger partial charge >= 0.3 is 0 Å². The minimum atomic E-state index is -3.37. The molecule has 1 aliphatic carbocycles. The maximum absolute atomic E-state index is 12.5. The molecule has 0 radical (unpaired) electrons. The highest BCUT2D eigenvalue weighted by Gasteiger charge is 2.41. The second-order valence-corrected chi connectivity index (χ2v) is 8.19. The van der Waals surface area contributed by atoms with Crippen molar-refractivity contribution in [3.05, 3.63) is 29.8 Å². The summed E-state index contributed by atoms with van der Waals surface area (Å²) in [5.41, 5.74) is 6.22. The molecule has 1 aliphatic rings. The Balaban J connectivity index is 2.11. The van der Waals surface area contributed by atoms with Gasteiger partial charge in [-0.25, -0.2) is 8.42 Å². The lowest BCUT2D eigenvalue weighted by molar-refractivity contribution is 0.0898. The number of sulfonamides is 1. The summed E-state index contributed by atoms with van der Waals surface area (Å²) >= 11 is 0. The van der Waals surface area contributed by atoms with Crippen molar-refractivity contribution < 1.29 is 13.2 Å². The van der Waals surface area contributed by atoms with E-state index in [9.17, 15) is 13.2 Å². The van der Waals surface area contributed by atoms with Crippen LogP contribution in [0.4, 0.5) is 5.69 Å². The Kier molecular flexibility index (Phi) is 5.31. The van der Waals surface area contributed by atoms with Crippen LogP contribution in [0.15, 0.2) is 24.3 Å². The van der Waals surface area contributed by atoms with E-state index in [-0.39, 0.29) is 11.7 Å². The van der Waals surface area contributed by atoms with Gasteiger partial charge in [0.05, 0.1) is 11.3 Å². The molecule has 0 saturated heterocycles. The summed E-state index contributed by atoms with van der Waals surface area (Å²) in [5.74, 6) is 0.236. The quantitative estimate of drug-likeness (QED) is 0.671. The molecule has 0 aliphatic heterocycles. The molecule has 7 heteroatoms. The van der Waals surface area contributed by atoms with Gasteiger partial charge in [-0.05, 0) is 50.3 Å². The average molecular weight is 339 g/mol. The van der Waals surface area contributed by atoms with Crippen molar-refractivity contribution in [2.24, 2.45) is 11.7 Å². The van der Waals surface area contributed by atoms with Gasteiger partial charge in [-0.3, -0.25) is 9.52 Å². The van der Waals surface area contributed by atoms with Crippen molar-refractivity contribution in [1.29, 1.82) is 0 Å². The number of benzene rings is 1. The van der Waals surface area contributed by atoms with E-state index in [2.05, 4.69) is 10.0 Å². The zero-order chi connectivity index (χ0) is 17.1. The molecule has 1 amide bonds. The predicted octanol–water partition coefficient (Wildman–Crippen LogP) is 1.70. The van der Waals surface area contributed by atoms with Gasteiger partial charge in [0.1, 0.15) is 0 Å². The third kappa shape index (κ3) is 4.68. The SMILES string of the molecule is CCCS(=O)(=O)Nc1cccc(C(=O)NC(C)(CN)C2CC2)c1. The number of carbonyl (C=O) groups excluding carboxylic acids is 1. The highest BCUT2D eigenvalue weighted by Crippen LogP contribution is 2.39. The zero-order valence-corrected chi connectivity index (χ0v) is 14.4. The molecule has 1 aromatic carbocycles. The topological polar surface area (TPSA) is 101 Å². The van der Waals surface area contributed by atoms with Crippen molar-refractivity contribution in [2.45, 2.75) is 38.6 Å². The molecule has 1 saturated carbocycles. The first-order valence-electron chi connectivity index (χ1n) is 7.93. The molecule has 0 aromatic heterocycles. The van der Waals surface area contributed by atoms with Crippen LogP contribution in [0.1, 0.15) is 43.5 Å². The van der Waals surface area contributed by atoms with Gasteiger partial charge in [0, 0.05) is 17.8 Å². The largest absolute Gasteiger partial charge is 0.345 e. The average Bonchev–Trinajstić information content (AvgIpc) is 3.31. The summed E-state index contributed by atoms with van der Waals surface area (Å²) in [6.45, 7) is 4.14. The van der Waals surface area contributed by atoms with Crippen LogP contribution in [0.2, 0.25) is 0 Å². The number of anilines is 1. The van der Waals surface area contributed by atoms with Crippen molar-refractivity contribution in [1.82, 2.24) is 5.32 Å². The molecular formula is C16H25N3O3S. The number of rotatable bonds is 8. The molecule has 0 bridgehead atoms. The summed E-state index contributed by atoms with van der Waals surface area (Å²) in [6.07, 6.45) is 2.68. The van der Waals surface area contributed by atoms with Gasteiger partial charge in [0.15, 0.2) is 0 Å². The van der Waals surface area contributed by atoms with E-state index in [1.165, 1.54) is 0 Å². The lowest BCUT2D eigenvalue weighted by Crippen LogP contribution is -2.53. The first-order chi connectivity index (χ1) is 10.8. The third-order valence-electron chi connectivity index (χ3n) is 4.17. The van der Waals surface area contributed by atoms with E-state index in [0.717, 1.165) is 12.8 Å². The van der Waals surface area contributed by atoms with Crippen molar-refractivity contribution in [3.8, 4) is 0 Å². The standard InChI is InChI=1S/C16H25N3O3S/c1-3-9-23(21,22)19-14-6-4-5-12(10-14)15(20)18-16(2,11-17)13-7-8-13/h4-6,10,13,19H,3,7-9,11,17H2,1-2H3,(H,18,20). The second kappa shape index (κ2) is 6.88. The summed E-state index contributed by atoms with van der Waals surface area (Å²) in [4.78, 5) is 12.5. The molecule has 0 heterocycles. The van der Waals surface area contributed by atoms with Crippen molar-refractivity contribution >= 4 is 21.6 Å². The second-order valence-electron chi connectivity index (χ2n) is 6.35. The Hall–Kier alpha value is -1.60. The number of amides is 1. The van der Waals surface area contributed by atoms with E-state index in [4.69, 9.17) is 5.73 Å². The Bertz CT molecular complexity index is 671. The van der Waals surface area contributed by atoms with Crippen LogP contribution < -0.4 is 15.8 Å². The minimum Gasteiger partial charge on any atom is -0.345 e. The molecule has 2 rings (SSSR count). The lowest BCUT2D eigenvalue weighted by Gasteiger charge is -2.29. The molecule has 6 nitrogen and oxygen atoms in total. The van der Waals surface area contributed by atoms with Gasteiger partial charge in [-0.1, -0.05) is 13.0 Å². The van der Waals surface area contributed by atoms with Gasteiger partial charge < -0.3 is 11.1 Å². The number of hydrogen-bond acceptors (Lipinski definition) is 4. The van der Waals surface area contributed by atoms with E-state index < -0.39 is 15.6 Å². The van der Waals surface area contributed by atoms with Crippen LogP contribution in [-0.4, -0.2) is 32.2 Å². The predicted molar refractivity (Wildman–Crippen MR) is 91.8 cm³/mol. The number of nitrogens with two attached hydrogens (primary N) is 1. The Morgan fingerprint density at radius 3 is 2.65 bits per heavy atom. The molecule has 1 unspecified atom stereocenters. The van der Waals surface area contributed by atoms with E-state index in [1.807, 2.05) is 6.92 Å². The zero-order valence-electron chi connectivity index (χ0n) is 13.6. The molecule has 4 N–H and O–H groups in total. The van der Waals surface area contributed by atoms with Crippen LogP contribution in [-0.2, 0) is 10.0 Å². The summed E-state index contributed by atoms with van der Waals surface area (Å²) in [5, 5.41) is 3.00. The normalized spacial score (nSPS) is 17.3. The first-order valence-corrected chi connectivity index (χ1v) is 9.58. The lowest BCUT2D eigenvalue weighted by atomic mass is 9.95. The third-order valence-corrected chi connectivity index (χ3v) is 5.66. The molecule has 23 heavy (non-hydrogen) atoms. The van der Waals surface area contributed by atoms with Crippen molar-refractivity contribution in [2.75, 3.05) is 17.0 Å². The van der Waals surface area contributed by atoms with E-state index >= 15 is 0 Å².